The molecule has 0 bridgehead atoms. The zero-order valence-electron chi connectivity index (χ0n) is 16.2. The minimum atomic E-state index is 0.171. The van der Waals surface area contributed by atoms with Gasteiger partial charge in [0, 0.05) is 48.7 Å². The quantitative estimate of drug-likeness (QED) is 0.560. The molecule has 1 unspecified atom stereocenters. The van der Waals surface area contributed by atoms with Crippen molar-refractivity contribution in [3.63, 3.8) is 0 Å². The molecule has 0 amide bonds. The number of hydrogen-bond acceptors (Lipinski definition) is 6. The highest BCUT2D eigenvalue weighted by atomic mass is 15.2. The van der Waals surface area contributed by atoms with Crippen molar-refractivity contribution in [3.8, 4) is 11.4 Å². The van der Waals surface area contributed by atoms with Crippen molar-refractivity contribution in [2.24, 2.45) is 7.05 Å². The van der Waals surface area contributed by atoms with Crippen molar-refractivity contribution in [2.45, 2.75) is 6.04 Å². The van der Waals surface area contributed by atoms with Crippen LogP contribution in [0.4, 0.5) is 5.82 Å². The Kier molecular flexibility index (Phi) is 4.99. The fourth-order valence-electron chi connectivity index (χ4n) is 3.24. The molecule has 0 aliphatic rings. The molecule has 7 nitrogen and oxygen atoms in total. The Bertz CT molecular complexity index is 1070. The third-order valence-corrected chi connectivity index (χ3v) is 4.72. The fourth-order valence-corrected chi connectivity index (χ4v) is 3.24. The number of nitrogens with zero attached hydrogens (tertiary/aromatic N) is 6. The van der Waals surface area contributed by atoms with Gasteiger partial charge in [-0.3, -0.25) is 9.67 Å². The molecule has 1 atom stereocenters. The topological polar surface area (TPSA) is 71.8 Å². The van der Waals surface area contributed by atoms with Crippen molar-refractivity contribution in [1.29, 1.82) is 0 Å². The van der Waals surface area contributed by atoms with Crippen LogP contribution in [0.3, 0.4) is 0 Å². The van der Waals surface area contributed by atoms with Crippen LogP contribution in [0.15, 0.2) is 61.2 Å². The molecule has 0 aliphatic heterocycles. The summed E-state index contributed by atoms with van der Waals surface area (Å²) in [6.45, 7) is 0.701. The Hall–Kier alpha value is -3.32. The van der Waals surface area contributed by atoms with Crippen LogP contribution in [0.5, 0.6) is 0 Å². The first kappa shape index (κ1) is 18.1. The number of nitrogens with one attached hydrogen (secondary N) is 1. The minimum Gasteiger partial charge on any atom is -0.368 e. The second-order valence-corrected chi connectivity index (χ2v) is 6.96. The Labute approximate surface area is 164 Å². The fraction of sp³-hybridized carbons (Fsp3) is 0.238. The summed E-state index contributed by atoms with van der Waals surface area (Å²) in [5.41, 5.74) is 2.96. The van der Waals surface area contributed by atoms with Crippen LogP contribution in [0.25, 0.3) is 22.3 Å². The van der Waals surface area contributed by atoms with E-state index < -0.39 is 0 Å². The molecule has 7 heteroatoms. The number of para-hydroxylation sites is 1. The monoisotopic (exact) mass is 373 g/mol. The third-order valence-electron chi connectivity index (χ3n) is 4.72. The summed E-state index contributed by atoms with van der Waals surface area (Å²) in [6, 6.07) is 12.1. The van der Waals surface area contributed by atoms with E-state index in [2.05, 4.69) is 34.4 Å². The summed E-state index contributed by atoms with van der Waals surface area (Å²) in [5, 5.41) is 8.84. The van der Waals surface area contributed by atoms with Crippen LogP contribution >= 0.6 is 0 Å². The van der Waals surface area contributed by atoms with Gasteiger partial charge in [0.15, 0.2) is 5.82 Å². The summed E-state index contributed by atoms with van der Waals surface area (Å²) in [7, 11) is 6.07. The normalized spacial score (nSPS) is 12.4. The van der Waals surface area contributed by atoms with Crippen molar-refractivity contribution in [3.05, 3.63) is 66.7 Å². The number of hydrogen-bond donors (Lipinski definition) is 1. The molecule has 1 N–H and O–H groups in total. The molecule has 0 saturated carbocycles. The molecule has 3 heterocycles. The molecular weight excluding hydrogens is 350 g/mol. The number of pyridine rings is 1. The molecular formula is C21H23N7. The van der Waals surface area contributed by atoms with E-state index in [1.54, 1.807) is 12.4 Å². The zero-order valence-corrected chi connectivity index (χ0v) is 16.2. The molecule has 1 aromatic carbocycles. The highest BCUT2D eigenvalue weighted by molar-refractivity contribution is 5.90. The van der Waals surface area contributed by atoms with Crippen molar-refractivity contribution in [1.82, 2.24) is 29.6 Å². The summed E-state index contributed by atoms with van der Waals surface area (Å²) in [5.74, 6) is 1.48. The Morgan fingerprint density at radius 3 is 2.64 bits per heavy atom. The van der Waals surface area contributed by atoms with Gasteiger partial charge in [-0.2, -0.15) is 5.10 Å². The molecule has 4 aromatic rings. The predicted molar refractivity (Wildman–Crippen MR) is 111 cm³/mol. The van der Waals surface area contributed by atoms with Crippen LogP contribution in [0.2, 0.25) is 0 Å². The van der Waals surface area contributed by atoms with E-state index in [1.807, 2.05) is 60.5 Å². The maximum Gasteiger partial charge on any atom is 0.163 e. The van der Waals surface area contributed by atoms with E-state index in [-0.39, 0.29) is 6.04 Å². The lowest BCUT2D eigenvalue weighted by molar-refractivity contribution is 0.311. The average Bonchev–Trinajstić information content (AvgIpc) is 3.14. The summed E-state index contributed by atoms with van der Waals surface area (Å²) in [6.07, 6.45) is 7.49. The van der Waals surface area contributed by atoms with E-state index in [0.717, 1.165) is 27.8 Å². The second kappa shape index (κ2) is 7.74. The Morgan fingerprint density at radius 1 is 1.07 bits per heavy atom. The molecule has 0 saturated heterocycles. The molecule has 0 spiro atoms. The van der Waals surface area contributed by atoms with Gasteiger partial charge in [-0.1, -0.05) is 12.1 Å². The van der Waals surface area contributed by atoms with Gasteiger partial charge in [0.2, 0.25) is 0 Å². The number of likely N-dealkylation sites (N-methyl/N-ethyl adjacent to an activating group) is 1. The maximum absolute atomic E-state index is 4.80. The lowest BCUT2D eigenvalue weighted by atomic mass is 10.1. The molecule has 28 heavy (non-hydrogen) atoms. The van der Waals surface area contributed by atoms with Gasteiger partial charge < -0.3 is 10.2 Å². The van der Waals surface area contributed by atoms with Gasteiger partial charge in [0.1, 0.15) is 5.82 Å². The average molecular weight is 373 g/mol. The summed E-state index contributed by atoms with van der Waals surface area (Å²) in [4.78, 5) is 15.9. The number of aromatic nitrogens is 5. The first-order valence-corrected chi connectivity index (χ1v) is 9.18. The highest BCUT2D eigenvalue weighted by Gasteiger charge is 2.17. The van der Waals surface area contributed by atoms with Gasteiger partial charge in [-0.15, -0.1) is 0 Å². The standard InChI is InChI=1S/C21H23N7/c1-27(2)19(16-12-24-28(3)14-16)13-23-21-17-8-4-5-9-18(17)25-20(26-21)15-7-6-10-22-11-15/h4-12,14,19H,13H2,1-3H3,(H,23,25,26). The van der Waals surface area contributed by atoms with Crippen molar-refractivity contribution in [2.75, 3.05) is 26.0 Å². The first-order valence-electron chi connectivity index (χ1n) is 9.18. The number of benzene rings is 1. The summed E-state index contributed by atoms with van der Waals surface area (Å²) < 4.78 is 1.83. The molecule has 3 aromatic heterocycles. The van der Waals surface area contributed by atoms with Crippen LogP contribution in [0.1, 0.15) is 11.6 Å². The number of anilines is 1. The molecule has 0 fully saturated rings. The largest absolute Gasteiger partial charge is 0.368 e. The van der Waals surface area contributed by atoms with E-state index >= 15 is 0 Å². The Balaban J connectivity index is 1.69. The zero-order chi connectivity index (χ0) is 19.5. The van der Waals surface area contributed by atoms with Crippen LogP contribution in [-0.2, 0) is 7.05 Å². The second-order valence-electron chi connectivity index (χ2n) is 6.96. The maximum atomic E-state index is 4.80. The number of rotatable bonds is 6. The van der Waals surface area contributed by atoms with Crippen LogP contribution in [0, 0.1) is 0 Å². The van der Waals surface area contributed by atoms with Gasteiger partial charge in [0.25, 0.3) is 0 Å². The van der Waals surface area contributed by atoms with Crippen molar-refractivity contribution < 1.29 is 0 Å². The van der Waals surface area contributed by atoms with Crippen LogP contribution in [-0.4, -0.2) is 50.3 Å². The molecule has 0 radical (unpaired) electrons. The smallest absolute Gasteiger partial charge is 0.163 e. The minimum absolute atomic E-state index is 0.171. The summed E-state index contributed by atoms with van der Waals surface area (Å²) >= 11 is 0. The van der Waals surface area contributed by atoms with Gasteiger partial charge in [-0.05, 0) is 38.4 Å². The van der Waals surface area contributed by atoms with Crippen LogP contribution < -0.4 is 5.32 Å². The number of fused-ring (bicyclic) bond motifs is 1. The molecule has 142 valence electrons. The van der Waals surface area contributed by atoms with E-state index in [9.17, 15) is 0 Å². The SMILES string of the molecule is CN(C)C(CNc1nc(-c2cccnc2)nc2ccccc12)c1cnn(C)c1. The number of aryl methyl sites for hydroxylation is 1. The Morgan fingerprint density at radius 2 is 1.93 bits per heavy atom. The molecule has 4 rings (SSSR count). The first-order chi connectivity index (χ1) is 13.6. The van der Waals surface area contributed by atoms with E-state index in [0.29, 0.717) is 12.4 Å². The lowest BCUT2D eigenvalue weighted by Crippen LogP contribution is -2.27. The van der Waals surface area contributed by atoms with Gasteiger partial charge in [0.05, 0.1) is 17.8 Å². The predicted octanol–water partition coefficient (Wildman–Crippen LogP) is 3.14. The molecule has 0 aliphatic carbocycles. The highest BCUT2D eigenvalue weighted by Crippen LogP contribution is 2.26. The van der Waals surface area contributed by atoms with Crippen molar-refractivity contribution >= 4 is 16.7 Å². The lowest BCUT2D eigenvalue weighted by Gasteiger charge is -2.24. The van der Waals surface area contributed by atoms with E-state index in [1.165, 1.54) is 0 Å². The van der Waals surface area contributed by atoms with Gasteiger partial charge in [-0.25, -0.2) is 9.97 Å². The third kappa shape index (κ3) is 3.70. The van der Waals surface area contributed by atoms with E-state index in [4.69, 9.17) is 9.97 Å². The van der Waals surface area contributed by atoms with Gasteiger partial charge >= 0.3 is 0 Å².